The Morgan fingerprint density at radius 1 is 0.647 bits per heavy atom. The van der Waals surface area contributed by atoms with Gasteiger partial charge in [-0.2, -0.15) is 0 Å². The van der Waals surface area contributed by atoms with Gasteiger partial charge in [-0.15, -0.1) is 0 Å². The molecule has 2 aromatic rings. The molecule has 0 aliphatic heterocycles. The van der Waals surface area contributed by atoms with Gasteiger partial charge in [-0.25, -0.2) is 4.79 Å². The molecular formula is C31H46O3. The Morgan fingerprint density at radius 2 is 1.24 bits per heavy atom. The van der Waals surface area contributed by atoms with Crippen LogP contribution in [-0.2, 0) is 19.3 Å². The molecule has 188 valence electrons. The fraction of sp³-hybridized carbons (Fsp3) is 0.581. The monoisotopic (exact) mass is 466 g/mol. The summed E-state index contributed by atoms with van der Waals surface area (Å²) >= 11 is 0. The van der Waals surface area contributed by atoms with Gasteiger partial charge in [-0.3, -0.25) is 0 Å². The third kappa shape index (κ3) is 9.16. The zero-order valence-electron chi connectivity index (χ0n) is 21.8. The van der Waals surface area contributed by atoms with Crippen LogP contribution < -0.4 is 4.74 Å². The van der Waals surface area contributed by atoms with Crippen LogP contribution in [0.1, 0.15) is 115 Å². The van der Waals surface area contributed by atoms with Crippen molar-refractivity contribution in [3.05, 3.63) is 53.1 Å². The summed E-state index contributed by atoms with van der Waals surface area (Å²) in [6.45, 7) is 6.71. The number of carbonyl (C=O) groups is 1. The summed E-state index contributed by atoms with van der Waals surface area (Å²) in [4.78, 5) is 11.5. The van der Waals surface area contributed by atoms with E-state index in [9.17, 15) is 9.90 Å². The van der Waals surface area contributed by atoms with Gasteiger partial charge in [0.05, 0.1) is 0 Å². The highest BCUT2D eigenvalue weighted by Gasteiger charge is 2.19. The second-order valence-corrected chi connectivity index (χ2v) is 9.53. The molecule has 0 aliphatic rings. The molecule has 0 aromatic heterocycles. The number of hydrogen-bond acceptors (Lipinski definition) is 2. The molecular weight excluding hydrogens is 420 g/mol. The number of aryl methyl sites for hydroxylation is 1. The average Bonchev–Trinajstić information content (AvgIpc) is 2.83. The summed E-state index contributed by atoms with van der Waals surface area (Å²) in [6, 6.07) is 12.7. The molecule has 0 saturated heterocycles. The van der Waals surface area contributed by atoms with Gasteiger partial charge >= 0.3 is 6.16 Å². The Balaban J connectivity index is 2.46. The molecule has 0 bridgehead atoms. The Hall–Kier alpha value is -2.29. The molecule has 1 N–H and O–H groups in total. The van der Waals surface area contributed by atoms with Gasteiger partial charge in [-0.05, 0) is 72.4 Å². The van der Waals surface area contributed by atoms with Crippen molar-refractivity contribution in [1.29, 1.82) is 0 Å². The lowest BCUT2D eigenvalue weighted by atomic mass is 9.86. The first-order valence-corrected chi connectivity index (χ1v) is 13.8. The first kappa shape index (κ1) is 28.0. The summed E-state index contributed by atoms with van der Waals surface area (Å²) < 4.78 is 5.31. The Morgan fingerprint density at radius 3 is 1.85 bits per heavy atom. The van der Waals surface area contributed by atoms with Crippen LogP contribution in [0.5, 0.6) is 5.75 Å². The van der Waals surface area contributed by atoms with E-state index in [0.717, 1.165) is 37.7 Å². The molecule has 34 heavy (non-hydrogen) atoms. The Labute approximate surface area is 207 Å². The molecule has 0 unspecified atom stereocenters. The van der Waals surface area contributed by atoms with Crippen molar-refractivity contribution in [3.8, 4) is 16.9 Å². The van der Waals surface area contributed by atoms with Crippen LogP contribution >= 0.6 is 0 Å². The van der Waals surface area contributed by atoms with Gasteiger partial charge in [0.2, 0.25) is 0 Å². The number of rotatable bonds is 17. The summed E-state index contributed by atoms with van der Waals surface area (Å²) in [5.41, 5.74) is 6.36. The van der Waals surface area contributed by atoms with Crippen molar-refractivity contribution in [2.75, 3.05) is 0 Å². The summed E-state index contributed by atoms with van der Waals surface area (Å²) in [7, 11) is 0. The van der Waals surface area contributed by atoms with Gasteiger partial charge < -0.3 is 9.84 Å². The van der Waals surface area contributed by atoms with Crippen LogP contribution in [-0.4, -0.2) is 11.3 Å². The molecule has 0 amide bonds. The van der Waals surface area contributed by atoms with Crippen LogP contribution in [0, 0.1) is 0 Å². The van der Waals surface area contributed by atoms with Crippen molar-refractivity contribution in [2.24, 2.45) is 0 Å². The minimum atomic E-state index is -1.22. The van der Waals surface area contributed by atoms with E-state index < -0.39 is 6.16 Å². The van der Waals surface area contributed by atoms with Crippen LogP contribution in [0.25, 0.3) is 11.1 Å². The molecule has 2 rings (SSSR count). The lowest BCUT2D eigenvalue weighted by molar-refractivity contribution is 0.144. The van der Waals surface area contributed by atoms with Gasteiger partial charge in [-0.1, -0.05) is 109 Å². The fourth-order valence-corrected chi connectivity index (χ4v) is 4.85. The van der Waals surface area contributed by atoms with E-state index in [2.05, 4.69) is 51.1 Å². The number of hydrogen-bond donors (Lipinski definition) is 1. The molecule has 0 heterocycles. The van der Waals surface area contributed by atoms with E-state index in [1.54, 1.807) is 0 Å². The van der Waals surface area contributed by atoms with Gasteiger partial charge in [0.25, 0.3) is 0 Å². The van der Waals surface area contributed by atoms with Crippen molar-refractivity contribution in [3.63, 3.8) is 0 Å². The third-order valence-electron chi connectivity index (χ3n) is 6.75. The van der Waals surface area contributed by atoms with Crippen molar-refractivity contribution in [2.45, 2.75) is 117 Å². The van der Waals surface area contributed by atoms with Gasteiger partial charge in [0.15, 0.2) is 0 Å². The van der Waals surface area contributed by atoms with E-state index in [0.29, 0.717) is 5.75 Å². The summed E-state index contributed by atoms with van der Waals surface area (Å²) in [6.07, 6.45) is 16.1. The molecule has 0 radical (unpaired) electrons. The zero-order valence-corrected chi connectivity index (χ0v) is 21.8. The van der Waals surface area contributed by atoms with E-state index in [1.165, 1.54) is 86.5 Å². The maximum Gasteiger partial charge on any atom is 0.511 e. The van der Waals surface area contributed by atoms with Crippen molar-refractivity contribution >= 4 is 6.16 Å². The van der Waals surface area contributed by atoms with Gasteiger partial charge in [0, 0.05) is 0 Å². The van der Waals surface area contributed by atoms with Crippen LogP contribution in [0.2, 0.25) is 0 Å². The minimum Gasteiger partial charge on any atom is -0.449 e. The summed E-state index contributed by atoms with van der Waals surface area (Å²) in [5, 5.41) is 9.40. The molecule has 0 spiro atoms. The third-order valence-corrected chi connectivity index (χ3v) is 6.75. The molecule has 0 saturated carbocycles. The standard InChI is InChI=1S/C31H46O3/c1-4-7-10-12-14-21-27-28(26-20-17-16-19-25(26)18-9-6-3)23-24-30(34-31(32)33)29(27)22-15-13-11-8-5-2/h16-17,19-20,23-24H,4-15,18,21-22H2,1-3H3,(H,32,33). The van der Waals surface area contributed by atoms with Crippen molar-refractivity contribution < 1.29 is 14.6 Å². The topological polar surface area (TPSA) is 46.5 Å². The largest absolute Gasteiger partial charge is 0.511 e. The zero-order chi connectivity index (χ0) is 24.6. The average molecular weight is 467 g/mol. The number of benzene rings is 2. The first-order valence-electron chi connectivity index (χ1n) is 13.8. The Kier molecular flexibility index (Phi) is 13.4. The highest BCUT2D eigenvalue weighted by Crippen LogP contribution is 2.37. The van der Waals surface area contributed by atoms with E-state index in [-0.39, 0.29) is 0 Å². The SMILES string of the molecule is CCCCCCCc1c(OC(=O)O)ccc(-c2ccccc2CCCC)c1CCCCCCC. The highest BCUT2D eigenvalue weighted by molar-refractivity contribution is 5.74. The Bertz CT molecular complexity index is 856. The quantitative estimate of drug-likeness (QED) is 0.143. The van der Waals surface area contributed by atoms with Gasteiger partial charge in [0.1, 0.15) is 5.75 Å². The molecule has 2 aromatic carbocycles. The second-order valence-electron chi connectivity index (χ2n) is 9.53. The number of carboxylic acid groups (broad SMARTS) is 1. The van der Waals surface area contributed by atoms with Crippen molar-refractivity contribution in [1.82, 2.24) is 0 Å². The minimum absolute atomic E-state index is 0.529. The van der Waals surface area contributed by atoms with E-state index in [1.807, 2.05) is 6.07 Å². The molecule has 0 fully saturated rings. The lowest BCUT2D eigenvalue weighted by Gasteiger charge is -2.20. The van der Waals surface area contributed by atoms with E-state index in [4.69, 9.17) is 4.74 Å². The predicted molar refractivity (Wildman–Crippen MR) is 144 cm³/mol. The number of ether oxygens (including phenoxy) is 1. The molecule has 0 aliphatic carbocycles. The fourth-order valence-electron chi connectivity index (χ4n) is 4.85. The highest BCUT2D eigenvalue weighted by atomic mass is 16.7. The van der Waals surface area contributed by atoms with Crippen LogP contribution in [0.4, 0.5) is 4.79 Å². The number of unbranched alkanes of at least 4 members (excludes halogenated alkanes) is 9. The van der Waals surface area contributed by atoms with Crippen LogP contribution in [0.3, 0.4) is 0 Å². The maximum absolute atomic E-state index is 11.5. The van der Waals surface area contributed by atoms with Crippen LogP contribution in [0.15, 0.2) is 36.4 Å². The lowest BCUT2D eigenvalue weighted by Crippen LogP contribution is -2.09. The smallest absolute Gasteiger partial charge is 0.449 e. The first-order chi connectivity index (χ1) is 16.6. The predicted octanol–water partition coefficient (Wildman–Crippen LogP) is 9.78. The molecule has 0 atom stereocenters. The molecule has 3 nitrogen and oxygen atoms in total. The summed E-state index contributed by atoms with van der Waals surface area (Å²) in [5.74, 6) is 0.529. The normalized spacial score (nSPS) is 11.0. The second kappa shape index (κ2) is 16.4. The molecule has 3 heteroatoms. The van der Waals surface area contributed by atoms with E-state index >= 15 is 0 Å². The maximum atomic E-state index is 11.5.